The van der Waals surface area contributed by atoms with Crippen molar-refractivity contribution in [2.75, 3.05) is 11.6 Å². The summed E-state index contributed by atoms with van der Waals surface area (Å²) in [4.78, 5) is 4.31. The summed E-state index contributed by atoms with van der Waals surface area (Å²) in [5.41, 5.74) is 5.76. The Balaban J connectivity index is 2.07. The summed E-state index contributed by atoms with van der Waals surface area (Å²) in [6.07, 6.45) is -2.43. The predicted octanol–water partition coefficient (Wildman–Crippen LogP) is 2.74. The molecular weight excluding hydrogens is 269 g/mol. The van der Waals surface area contributed by atoms with E-state index in [0.717, 1.165) is 25.0 Å². The fourth-order valence-electron chi connectivity index (χ4n) is 2.15. The first-order valence-electron chi connectivity index (χ1n) is 6.18. The molecule has 4 nitrogen and oxygen atoms in total. The SMILES string of the molecule is Nc1c(-c2cccc(C(F)(F)F)c2)nc(C2CC2)n1N. The topological polar surface area (TPSA) is 69.9 Å². The summed E-state index contributed by atoms with van der Waals surface area (Å²) in [6, 6.07) is 4.94. The van der Waals surface area contributed by atoms with E-state index in [1.54, 1.807) is 6.07 Å². The van der Waals surface area contributed by atoms with E-state index in [9.17, 15) is 13.2 Å². The molecule has 1 aliphatic carbocycles. The van der Waals surface area contributed by atoms with Gasteiger partial charge < -0.3 is 11.6 Å². The van der Waals surface area contributed by atoms with E-state index in [1.165, 1.54) is 10.7 Å². The van der Waals surface area contributed by atoms with Crippen LogP contribution in [0.1, 0.15) is 30.1 Å². The standard InChI is InChI=1S/C13H13F3N4/c14-13(15,16)9-3-1-2-8(6-9)10-11(17)20(18)12(19-10)7-4-5-7/h1-3,6-7H,4-5,17-18H2. The Morgan fingerprint density at radius 2 is 1.95 bits per heavy atom. The van der Waals surface area contributed by atoms with Crippen molar-refractivity contribution in [2.24, 2.45) is 0 Å². The monoisotopic (exact) mass is 282 g/mol. The van der Waals surface area contributed by atoms with Gasteiger partial charge in [0.1, 0.15) is 11.5 Å². The third kappa shape index (κ3) is 2.09. The number of aromatic nitrogens is 2. The van der Waals surface area contributed by atoms with Gasteiger partial charge in [0.2, 0.25) is 0 Å². The van der Waals surface area contributed by atoms with Crippen molar-refractivity contribution in [3.63, 3.8) is 0 Å². The maximum absolute atomic E-state index is 12.7. The summed E-state index contributed by atoms with van der Waals surface area (Å²) in [5.74, 6) is 6.90. The highest BCUT2D eigenvalue weighted by Gasteiger charge is 2.32. The Morgan fingerprint density at radius 1 is 1.25 bits per heavy atom. The summed E-state index contributed by atoms with van der Waals surface area (Å²) >= 11 is 0. The second kappa shape index (κ2) is 4.16. The second-order valence-electron chi connectivity index (χ2n) is 4.93. The van der Waals surface area contributed by atoms with Gasteiger partial charge in [-0.1, -0.05) is 12.1 Å². The van der Waals surface area contributed by atoms with E-state index in [4.69, 9.17) is 11.6 Å². The van der Waals surface area contributed by atoms with Crippen molar-refractivity contribution in [2.45, 2.75) is 24.9 Å². The lowest BCUT2D eigenvalue weighted by Crippen LogP contribution is -2.14. The Morgan fingerprint density at radius 3 is 2.55 bits per heavy atom. The van der Waals surface area contributed by atoms with Crippen LogP contribution in [0.3, 0.4) is 0 Å². The van der Waals surface area contributed by atoms with E-state index < -0.39 is 11.7 Å². The van der Waals surface area contributed by atoms with E-state index in [0.29, 0.717) is 17.1 Å². The maximum Gasteiger partial charge on any atom is 0.416 e. The maximum atomic E-state index is 12.7. The molecule has 0 bridgehead atoms. The largest absolute Gasteiger partial charge is 0.416 e. The third-order valence-electron chi connectivity index (χ3n) is 3.38. The first-order valence-corrected chi connectivity index (χ1v) is 6.18. The van der Waals surface area contributed by atoms with Crippen LogP contribution in [0, 0.1) is 0 Å². The first kappa shape index (κ1) is 12.8. The molecule has 0 saturated heterocycles. The molecule has 0 unspecified atom stereocenters. The van der Waals surface area contributed by atoms with Crippen LogP contribution < -0.4 is 11.6 Å². The fourth-order valence-corrected chi connectivity index (χ4v) is 2.15. The van der Waals surface area contributed by atoms with E-state index in [2.05, 4.69) is 4.98 Å². The van der Waals surface area contributed by atoms with Crippen molar-refractivity contribution in [1.29, 1.82) is 0 Å². The van der Waals surface area contributed by atoms with Gasteiger partial charge in [0, 0.05) is 11.5 Å². The lowest BCUT2D eigenvalue weighted by Gasteiger charge is -2.08. The van der Waals surface area contributed by atoms with Gasteiger partial charge in [0.05, 0.1) is 5.56 Å². The number of nitrogens with zero attached hydrogens (tertiary/aromatic N) is 2. The highest BCUT2D eigenvalue weighted by molar-refractivity contribution is 5.72. The number of alkyl halides is 3. The average molecular weight is 282 g/mol. The van der Waals surface area contributed by atoms with Gasteiger partial charge in [-0.25, -0.2) is 9.66 Å². The molecule has 0 atom stereocenters. The summed E-state index contributed by atoms with van der Waals surface area (Å²) in [5, 5.41) is 0. The molecule has 1 aromatic heterocycles. The van der Waals surface area contributed by atoms with Gasteiger partial charge >= 0.3 is 6.18 Å². The molecule has 2 aromatic rings. The Bertz CT molecular complexity index is 656. The highest BCUT2D eigenvalue weighted by atomic mass is 19.4. The van der Waals surface area contributed by atoms with Gasteiger partial charge in [-0.15, -0.1) is 0 Å². The molecule has 4 N–H and O–H groups in total. The van der Waals surface area contributed by atoms with Gasteiger partial charge in [0.25, 0.3) is 0 Å². The number of rotatable bonds is 2. The zero-order valence-corrected chi connectivity index (χ0v) is 10.5. The molecule has 0 radical (unpaired) electrons. The molecule has 20 heavy (non-hydrogen) atoms. The van der Waals surface area contributed by atoms with Crippen molar-refractivity contribution >= 4 is 5.82 Å². The molecule has 106 valence electrons. The van der Waals surface area contributed by atoms with Gasteiger partial charge in [-0.3, -0.25) is 0 Å². The zero-order chi connectivity index (χ0) is 14.5. The van der Waals surface area contributed by atoms with Crippen LogP contribution in [0.2, 0.25) is 0 Å². The molecule has 0 aliphatic heterocycles. The highest BCUT2D eigenvalue weighted by Crippen LogP contribution is 2.41. The van der Waals surface area contributed by atoms with Crippen LogP contribution in [-0.2, 0) is 6.18 Å². The molecule has 1 aliphatic rings. The number of imidazole rings is 1. The molecule has 0 amide bonds. The first-order chi connectivity index (χ1) is 9.38. The smallest absolute Gasteiger partial charge is 0.382 e. The van der Waals surface area contributed by atoms with E-state index in [-0.39, 0.29) is 11.7 Å². The molecule has 3 rings (SSSR count). The lowest BCUT2D eigenvalue weighted by molar-refractivity contribution is -0.137. The quantitative estimate of drug-likeness (QED) is 0.832. The van der Waals surface area contributed by atoms with Crippen LogP contribution in [0.15, 0.2) is 24.3 Å². The minimum absolute atomic E-state index is 0.186. The zero-order valence-electron chi connectivity index (χ0n) is 10.5. The molecule has 1 aromatic carbocycles. The second-order valence-corrected chi connectivity index (χ2v) is 4.93. The van der Waals surface area contributed by atoms with Gasteiger partial charge in [-0.2, -0.15) is 13.2 Å². The number of benzene rings is 1. The van der Waals surface area contributed by atoms with Crippen LogP contribution >= 0.6 is 0 Å². The Labute approximate surface area is 113 Å². The van der Waals surface area contributed by atoms with Crippen molar-refractivity contribution in [3.8, 4) is 11.3 Å². The Hall–Kier alpha value is -2.18. The summed E-state index contributed by atoms with van der Waals surface area (Å²) in [6.45, 7) is 0. The number of nitrogen functional groups attached to an aromatic ring is 2. The summed E-state index contributed by atoms with van der Waals surface area (Å²) < 4.78 is 39.4. The number of nitrogens with two attached hydrogens (primary N) is 2. The van der Waals surface area contributed by atoms with Gasteiger partial charge in [0.15, 0.2) is 5.82 Å². The van der Waals surface area contributed by atoms with Crippen molar-refractivity contribution < 1.29 is 13.2 Å². The molecule has 7 heteroatoms. The molecule has 1 saturated carbocycles. The van der Waals surface area contributed by atoms with Crippen LogP contribution in [-0.4, -0.2) is 9.66 Å². The average Bonchev–Trinajstić information content (AvgIpc) is 3.18. The summed E-state index contributed by atoms with van der Waals surface area (Å²) in [7, 11) is 0. The molecule has 0 spiro atoms. The van der Waals surface area contributed by atoms with E-state index >= 15 is 0 Å². The minimum Gasteiger partial charge on any atom is -0.382 e. The van der Waals surface area contributed by atoms with E-state index in [1.807, 2.05) is 0 Å². The number of halogens is 3. The normalized spacial score (nSPS) is 15.6. The number of hydrogen-bond acceptors (Lipinski definition) is 3. The minimum atomic E-state index is -4.39. The number of anilines is 1. The molecule has 1 fully saturated rings. The Kier molecular flexibility index (Phi) is 2.67. The van der Waals surface area contributed by atoms with Crippen molar-refractivity contribution in [3.05, 3.63) is 35.7 Å². The molecular formula is C13H13F3N4. The predicted molar refractivity (Wildman–Crippen MR) is 69.2 cm³/mol. The van der Waals surface area contributed by atoms with Crippen LogP contribution in [0.5, 0.6) is 0 Å². The fraction of sp³-hybridized carbons (Fsp3) is 0.308. The lowest BCUT2D eigenvalue weighted by atomic mass is 10.1. The molecule has 1 heterocycles. The number of hydrogen-bond donors (Lipinski definition) is 2. The van der Waals surface area contributed by atoms with Crippen LogP contribution in [0.25, 0.3) is 11.3 Å². The van der Waals surface area contributed by atoms with Crippen LogP contribution in [0.4, 0.5) is 19.0 Å². The third-order valence-corrected chi connectivity index (χ3v) is 3.38. The van der Waals surface area contributed by atoms with Crippen molar-refractivity contribution in [1.82, 2.24) is 9.66 Å². The van der Waals surface area contributed by atoms with Gasteiger partial charge in [-0.05, 0) is 25.0 Å².